The maximum absolute atomic E-state index is 11.9. The van der Waals surface area contributed by atoms with Gasteiger partial charge in [-0.1, -0.05) is 22.9 Å². The zero-order valence-corrected chi connectivity index (χ0v) is 11.9. The molecule has 90 valence electrons. The first-order valence-electron chi connectivity index (χ1n) is 5.21. The second-order valence-corrected chi connectivity index (χ2v) is 5.08. The molecule has 16 heavy (non-hydrogen) atoms. The van der Waals surface area contributed by atoms with Gasteiger partial charge in [-0.15, -0.1) is 11.3 Å². The van der Waals surface area contributed by atoms with Crippen molar-refractivity contribution >= 4 is 33.2 Å². The van der Waals surface area contributed by atoms with Crippen molar-refractivity contribution in [1.82, 2.24) is 5.32 Å². The Hall–Kier alpha value is -0.550. The quantitative estimate of drug-likeness (QED) is 0.820. The van der Waals surface area contributed by atoms with E-state index < -0.39 is 0 Å². The summed E-state index contributed by atoms with van der Waals surface area (Å²) in [5.41, 5.74) is 0. The lowest BCUT2D eigenvalue weighted by Crippen LogP contribution is -2.34. The molecule has 0 saturated carbocycles. The number of alkyl halides is 1. The molecule has 1 heterocycles. The number of carbonyl (C=O) groups excluding carboxylic acids is 1. The molecule has 1 N–H and O–H groups in total. The van der Waals surface area contributed by atoms with Crippen LogP contribution in [0.5, 0.6) is 5.75 Å². The Balaban J connectivity index is 2.64. The smallest absolute Gasteiger partial charge is 0.265 e. The van der Waals surface area contributed by atoms with Crippen molar-refractivity contribution in [2.45, 2.75) is 25.8 Å². The zero-order valence-electron chi connectivity index (χ0n) is 9.46. The number of amides is 1. The molecule has 0 aliphatic rings. The number of rotatable bonds is 6. The van der Waals surface area contributed by atoms with Crippen molar-refractivity contribution in [3.8, 4) is 5.75 Å². The van der Waals surface area contributed by atoms with Crippen LogP contribution in [0.4, 0.5) is 0 Å². The van der Waals surface area contributed by atoms with Crippen LogP contribution in [0.1, 0.15) is 29.4 Å². The first-order valence-corrected chi connectivity index (χ1v) is 7.21. The third-order valence-electron chi connectivity index (χ3n) is 2.34. The van der Waals surface area contributed by atoms with E-state index in [9.17, 15) is 4.79 Å². The molecule has 0 bridgehead atoms. The van der Waals surface area contributed by atoms with E-state index in [1.165, 1.54) is 11.3 Å². The van der Waals surface area contributed by atoms with E-state index in [1.54, 1.807) is 7.11 Å². The fourth-order valence-electron chi connectivity index (χ4n) is 1.38. The minimum atomic E-state index is -0.0420. The van der Waals surface area contributed by atoms with Gasteiger partial charge in [0.25, 0.3) is 5.91 Å². The summed E-state index contributed by atoms with van der Waals surface area (Å²) in [6.07, 6.45) is 1.88. The Morgan fingerprint density at radius 2 is 2.44 bits per heavy atom. The van der Waals surface area contributed by atoms with Crippen LogP contribution in [0, 0.1) is 0 Å². The van der Waals surface area contributed by atoms with Gasteiger partial charge in [-0.3, -0.25) is 4.79 Å². The van der Waals surface area contributed by atoms with Crippen LogP contribution in [0.25, 0.3) is 0 Å². The number of hydrogen-bond acceptors (Lipinski definition) is 3. The van der Waals surface area contributed by atoms with Crippen LogP contribution in [0.2, 0.25) is 0 Å². The normalized spacial score (nSPS) is 12.2. The van der Waals surface area contributed by atoms with Crippen LogP contribution in [-0.2, 0) is 0 Å². The summed E-state index contributed by atoms with van der Waals surface area (Å²) in [4.78, 5) is 12.6. The van der Waals surface area contributed by atoms with E-state index in [0.29, 0.717) is 10.6 Å². The lowest BCUT2D eigenvalue weighted by atomic mass is 10.2. The van der Waals surface area contributed by atoms with Crippen molar-refractivity contribution in [1.29, 1.82) is 0 Å². The van der Waals surface area contributed by atoms with Gasteiger partial charge in [0.15, 0.2) is 0 Å². The standard InChI is InChI=1S/C11H16BrNO2S/c1-3-8(4-6-12)13-11(14)10-9(15-2)5-7-16-10/h5,7-8H,3-4,6H2,1-2H3,(H,13,14). The molecule has 1 aromatic rings. The van der Waals surface area contributed by atoms with E-state index in [2.05, 4.69) is 28.2 Å². The molecule has 1 unspecified atom stereocenters. The van der Waals surface area contributed by atoms with Crippen LogP contribution >= 0.6 is 27.3 Å². The molecule has 0 fully saturated rings. The average Bonchev–Trinajstić information content (AvgIpc) is 2.76. The molecular weight excluding hydrogens is 290 g/mol. The molecule has 1 atom stereocenters. The topological polar surface area (TPSA) is 38.3 Å². The van der Waals surface area contributed by atoms with Crippen LogP contribution in [0.15, 0.2) is 11.4 Å². The Morgan fingerprint density at radius 1 is 1.69 bits per heavy atom. The molecule has 5 heteroatoms. The molecule has 0 aliphatic heterocycles. The highest BCUT2D eigenvalue weighted by atomic mass is 79.9. The van der Waals surface area contributed by atoms with Gasteiger partial charge < -0.3 is 10.1 Å². The summed E-state index contributed by atoms with van der Waals surface area (Å²) in [5, 5.41) is 5.76. The lowest BCUT2D eigenvalue weighted by Gasteiger charge is -2.15. The number of carbonyl (C=O) groups is 1. The largest absolute Gasteiger partial charge is 0.495 e. The van der Waals surface area contributed by atoms with Crippen molar-refractivity contribution < 1.29 is 9.53 Å². The third-order valence-corrected chi connectivity index (χ3v) is 3.69. The lowest BCUT2D eigenvalue weighted by molar-refractivity contribution is 0.0936. The maximum Gasteiger partial charge on any atom is 0.265 e. The highest BCUT2D eigenvalue weighted by Crippen LogP contribution is 2.24. The molecule has 0 aromatic carbocycles. The van der Waals surface area contributed by atoms with Crippen molar-refractivity contribution in [3.63, 3.8) is 0 Å². The maximum atomic E-state index is 11.9. The van der Waals surface area contributed by atoms with E-state index in [1.807, 2.05) is 11.4 Å². The first-order chi connectivity index (χ1) is 7.72. The molecular formula is C11H16BrNO2S. The fourth-order valence-corrected chi connectivity index (χ4v) is 2.70. The SMILES string of the molecule is CCC(CCBr)NC(=O)c1sccc1OC. The average molecular weight is 306 g/mol. The van der Waals surface area contributed by atoms with Crippen molar-refractivity contribution in [3.05, 3.63) is 16.3 Å². The van der Waals surface area contributed by atoms with Crippen molar-refractivity contribution in [2.75, 3.05) is 12.4 Å². The molecule has 0 aliphatic carbocycles. The number of halogens is 1. The summed E-state index contributed by atoms with van der Waals surface area (Å²) >= 11 is 4.79. The van der Waals surface area contributed by atoms with Crippen LogP contribution in [0.3, 0.4) is 0 Å². The number of thiophene rings is 1. The molecule has 1 aromatic heterocycles. The third kappa shape index (κ3) is 3.49. The van der Waals surface area contributed by atoms with Gasteiger partial charge in [0, 0.05) is 11.4 Å². The van der Waals surface area contributed by atoms with Gasteiger partial charge >= 0.3 is 0 Å². The van der Waals surface area contributed by atoms with Crippen LogP contribution < -0.4 is 10.1 Å². The van der Waals surface area contributed by atoms with E-state index in [-0.39, 0.29) is 11.9 Å². The number of methoxy groups -OCH3 is 1. The second-order valence-electron chi connectivity index (χ2n) is 3.37. The number of nitrogens with one attached hydrogen (secondary N) is 1. The number of ether oxygens (including phenoxy) is 1. The molecule has 3 nitrogen and oxygen atoms in total. The van der Waals surface area contributed by atoms with Gasteiger partial charge in [0.2, 0.25) is 0 Å². The summed E-state index contributed by atoms with van der Waals surface area (Å²) in [7, 11) is 1.58. The Morgan fingerprint density at radius 3 is 3.00 bits per heavy atom. The monoisotopic (exact) mass is 305 g/mol. The van der Waals surface area contributed by atoms with Crippen LogP contribution in [-0.4, -0.2) is 24.4 Å². The van der Waals surface area contributed by atoms with Gasteiger partial charge in [-0.25, -0.2) is 0 Å². The minimum Gasteiger partial charge on any atom is -0.495 e. The van der Waals surface area contributed by atoms with Gasteiger partial charge in [-0.05, 0) is 24.3 Å². The molecule has 1 amide bonds. The Bertz CT molecular complexity index is 340. The van der Waals surface area contributed by atoms with Gasteiger partial charge in [0.1, 0.15) is 10.6 Å². The predicted molar refractivity (Wildman–Crippen MR) is 70.8 cm³/mol. The molecule has 1 rings (SSSR count). The van der Waals surface area contributed by atoms with Crippen molar-refractivity contribution in [2.24, 2.45) is 0 Å². The number of hydrogen-bond donors (Lipinski definition) is 1. The van der Waals surface area contributed by atoms with E-state index in [4.69, 9.17) is 4.74 Å². The minimum absolute atomic E-state index is 0.0420. The highest BCUT2D eigenvalue weighted by Gasteiger charge is 2.16. The second kappa shape index (κ2) is 6.91. The van der Waals surface area contributed by atoms with Gasteiger partial charge in [-0.2, -0.15) is 0 Å². The first kappa shape index (κ1) is 13.5. The summed E-state index contributed by atoms with van der Waals surface area (Å²) in [5.74, 6) is 0.607. The Kier molecular flexibility index (Phi) is 5.84. The summed E-state index contributed by atoms with van der Waals surface area (Å²) in [6.45, 7) is 2.07. The van der Waals surface area contributed by atoms with E-state index >= 15 is 0 Å². The highest BCUT2D eigenvalue weighted by molar-refractivity contribution is 9.09. The van der Waals surface area contributed by atoms with Gasteiger partial charge in [0.05, 0.1) is 7.11 Å². The summed E-state index contributed by atoms with van der Waals surface area (Å²) in [6, 6.07) is 2.03. The molecule has 0 spiro atoms. The van der Waals surface area contributed by atoms with E-state index in [0.717, 1.165) is 18.2 Å². The zero-order chi connectivity index (χ0) is 12.0. The summed E-state index contributed by atoms with van der Waals surface area (Å²) < 4.78 is 5.12. The fraction of sp³-hybridized carbons (Fsp3) is 0.545. The molecule has 0 radical (unpaired) electrons. The Labute approximate surface area is 108 Å². The predicted octanol–water partition coefficient (Wildman–Crippen LogP) is 3.05. The molecule has 0 saturated heterocycles.